The van der Waals surface area contributed by atoms with E-state index in [4.69, 9.17) is 0 Å². The second-order valence-electron chi connectivity index (χ2n) is 9.88. The van der Waals surface area contributed by atoms with Gasteiger partial charge in [-0.1, -0.05) is 97.9 Å². The van der Waals surface area contributed by atoms with Gasteiger partial charge in [-0.15, -0.1) is 0 Å². The second-order valence-corrected chi connectivity index (χ2v) is 9.88. The van der Waals surface area contributed by atoms with Crippen LogP contribution in [0.25, 0.3) is 0 Å². The Morgan fingerprint density at radius 3 is 1.97 bits per heavy atom. The number of likely N-dealkylation sites (tertiary alicyclic amines) is 1. The Morgan fingerprint density at radius 1 is 0.861 bits per heavy atom. The van der Waals surface area contributed by atoms with Gasteiger partial charge in [0, 0.05) is 43.4 Å². The van der Waals surface area contributed by atoms with E-state index in [-0.39, 0.29) is 18.0 Å². The lowest BCUT2D eigenvalue weighted by atomic mass is 9.73. The SMILES string of the molecule is CC(CC(=O)NC1CCN(C(c2ccccc2)c2ccncc2)C1)(c1ccccc1)c1ccccc1. The number of aromatic nitrogens is 1. The van der Waals surface area contributed by atoms with Gasteiger partial charge in [0.25, 0.3) is 0 Å². The van der Waals surface area contributed by atoms with Crippen molar-refractivity contribution in [3.63, 3.8) is 0 Å². The Kier molecular flexibility index (Phi) is 7.24. The molecule has 0 aliphatic carbocycles. The maximum absolute atomic E-state index is 13.4. The maximum atomic E-state index is 13.4. The molecule has 0 radical (unpaired) electrons. The normalized spacial score (nSPS) is 17.0. The average molecular weight is 476 g/mol. The number of benzene rings is 3. The fourth-order valence-electron chi connectivity index (χ4n) is 5.52. The van der Waals surface area contributed by atoms with Crippen LogP contribution in [0, 0.1) is 0 Å². The van der Waals surface area contributed by atoms with Crippen molar-refractivity contribution in [2.75, 3.05) is 13.1 Å². The van der Waals surface area contributed by atoms with Crippen LogP contribution in [0.5, 0.6) is 0 Å². The van der Waals surface area contributed by atoms with Gasteiger partial charge in [-0.3, -0.25) is 14.7 Å². The summed E-state index contributed by atoms with van der Waals surface area (Å²) in [6.07, 6.45) is 5.06. The predicted molar refractivity (Wildman–Crippen MR) is 145 cm³/mol. The monoisotopic (exact) mass is 475 g/mol. The fraction of sp³-hybridized carbons (Fsp3) is 0.250. The van der Waals surface area contributed by atoms with Gasteiger partial charge < -0.3 is 5.32 Å². The molecular weight excluding hydrogens is 442 g/mol. The molecule has 2 atom stereocenters. The lowest BCUT2D eigenvalue weighted by Gasteiger charge is -2.31. The Bertz CT molecular complexity index is 1170. The van der Waals surface area contributed by atoms with E-state index in [9.17, 15) is 4.79 Å². The third-order valence-electron chi connectivity index (χ3n) is 7.42. The zero-order valence-electron chi connectivity index (χ0n) is 20.8. The standard InChI is InChI=1S/C32H33N3O/c1-32(27-13-7-3-8-14-27,28-15-9-4-10-16-28)23-30(36)34-29-19-22-35(24-29)31(25-11-5-2-6-12-25)26-17-20-33-21-18-26/h2-18,20-21,29,31H,19,22-24H2,1H3,(H,34,36). The third kappa shape index (κ3) is 5.24. The summed E-state index contributed by atoms with van der Waals surface area (Å²) in [4.78, 5) is 20.1. The molecular formula is C32H33N3O. The molecule has 4 heteroatoms. The Balaban J connectivity index is 1.31. The quantitative estimate of drug-likeness (QED) is 0.353. The van der Waals surface area contributed by atoms with Gasteiger partial charge in [0.15, 0.2) is 0 Å². The number of hydrogen-bond donors (Lipinski definition) is 1. The molecule has 2 unspecified atom stereocenters. The number of rotatable bonds is 8. The second kappa shape index (κ2) is 10.9. The number of carbonyl (C=O) groups is 1. The summed E-state index contributed by atoms with van der Waals surface area (Å²) in [5.74, 6) is 0.0947. The number of hydrogen-bond acceptors (Lipinski definition) is 3. The highest BCUT2D eigenvalue weighted by molar-refractivity contribution is 5.79. The molecule has 1 amide bonds. The summed E-state index contributed by atoms with van der Waals surface area (Å²) < 4.78 is 0. The highest BCUT2D eigenvalue weighted by Crippen LogP contribution is 2.36. The molecule has 3 aromatic carbocycles. The first-order chi connectivity index (χ1) is 17.6. The molecule has 1 fully saturated rings. The van der Waals surface area contributed by atoms with Crippen molar-refractivity contribution in [1.29, 1.82) is 0 Å². The molecule has 5 rings (SSSR count). The number of nitrogens with zero attached hydrogens (tertiary/aromatic N) is 2. The van der Waals surface area contributed by atoms with Crippen LogP contribution in [-0.4, -0.2) is 34.9 Å². The van der Waals surface area contributed by atoms with E-state index in [1.54, 1.807) is 0 Å². The zero-order chi connectivity index (χ0) is 24.8. The average Bonchev–Trinajstić information content (AvgIpc) is 3.38. The first-order valence-electron chi connectivity index (χ1n) is 12.7. The van der Waals surface area contributed by atoms with Crippen molar-refractivity contribution in [2.45, 2.75) is 37.3 Å². The highest BCUT2D eigenvalue weighted by atomic mass is 16.1. The third-order valence-corrected chi connectivity index (χ3v) is 7.42. The summed E-state index contributed by atoms with van der Waals surface area (Å²) in [5.41, 5.74) is 4.40. The minimum Gasteiger partial charge on any atom is -0.352 e. The van der Waals surface area contributed by atoms with Crippen LogP contribution in [-0.2, 0) is 10.2 Å². The maximum Gasteiger partial charge on any atom is 0.221 e. The minimum atomic E-state index is -0.394. The van der Waals surface area contributed by atoms with Crippen molar-refractivity contribution in [2.24, 2.45) is 0 Å². The van der Waals surface area contributed by atoms with E-state index in [2.05, 4.69) is 88.9 Å². The first kappa shape index (κ1) is 24.0. The molecule has 1 saturated heterocycles. The lowest BCUT2D eigenvalue weighted by Crippen LogP contribution is -2.41. The van der Waals surface area contributed by atoms with Crippen LogP contribution in [0.4, 0.5) is 0 Å². The van der Waals surface area contributed by atoms with Gasteiger partial charge in [0.2, 0.25) is 5.91 Å². The first-order valence-corrected chi connectivity index (χ1v) is 12.7. The molecule has 4 nitrogen and oxygen atoms in total. The summed E-state index contributed by atoms with van der Waals surface area (Å²) in [6, 6.07) is 35.8. The van der Waals surface area contributed by atoms with Gasteiger partial charge in [0.05, 0.1) is 6.04 Å². The molecule has 36 heavy (non-hydrogen) atoms. The molecule has 2 heterocycles. The predicted octanol–water partition coefficient (Wildman–Crippen LogP) is 5.76. The molecule has 182 valence electrons. The van der Waals surface area contributed by atoms with Gasteiger partial charge in [-0.2, -0.15) is 0 Å². The highest BCUT2D eigenvalue weighted by Gasteiger charge is 2.34. The Morgan fingerprint density at radius 2 is 1.39 bits per heavy atom. The van der Waals surface area contributed by atoms with E-state index in [1.165, 1.54) is 11.1 Å². The largest absolute Gasteiger partial charge is 0.352 e. The van der Waals surface area contributed by atoms with Crippen LogP contribution in [0.1, 0.15) is 48.1 Å². The molecule has 0 spiro atoms. The van der Waals surface area contributed by atoms with Crippen molar-refractivity contribution >= 4 is 5.91 Å². The minimum absolute atomic E-state index is 0.0947. The van der Waals surface area contributed by atoms with Gasteiger partial charge in [-0.25, -0.2) is 0 Å². The van der Waals surface area contributed by atoms with Crippen molar-refractivity contribution in [1.82, 2.24) is 15.2 Å². The van der Waals surface area contributed by atoms with E-state index in [0.717, 1.165) is 30.6 Å². The van der Waals surface area contributed by atoms with Crippen LogP contribution < -0.4 is 5.32 Å². The number of carbonyl (C=O) groups excluding carboxylic acids is 1. The van der Waals surface area contributed by atoms with Crippen molar-refractivity contribution in [3.05, 3.63) is 138 Å². The van der Waals surface area contributed by atoms with E-state index < -0.39 is 5.41 Å². The summed E-state index contributed by atoms with van der Waals surface area (Å²) in [6.45, 7) is 3.93. The summed E-state index contributed by atoms with van der Waals surface area (Å²) in [5, 5.41) is 3.37. The van der Waals surface area contributed by atoms with Crippen LogP contribution >= 0.6 is 0 Å². The number of nitrogens with one attached hydrogen (secondary N) is 1. The van der Waals surface area contributed by atoms with Crippen LogP contribution in [0.3, 0.4) is 0 Å². The Hall–Kier alpha value is -3.76. The molecule has 1 N–H and O–H groups in total. The number of pyridine rings is 1. The zero-order valence-corrected chi connectivity index (χ0v) is 20.8. The Labute approximate surface area is 214 Å². The fourth-order valence-corrected chi connectivity index (χ4v) is 5.52. The van der Waals surface area contributed by atoms with Gasteiger partial charge >= 0.3 is 0 Å². The molecule has 0 bridgehead atoms. The lowest BCUT2D eigenvalue weighted by molar-refractivity contribution is -0.122. The molecule has 0 saturated carbocycles. The van der Waals surface area contributed by atoms with E-state index in [0.29, 0.717) is 6.42 Å². The van der Waals surface area contributed by atoms with Crippen LogP contribution in [0.15, 0.2) is 116 Å². The van der Waals surface area contributed by atoms with E-state index in [1.807, 2.05) is 48.8 Å². The molecule has 1 aliphatic rings. The van der Waals surface area contributed by atoms with Crippen molar-refractivity contribution < 1.29 is 4.79 Å². The van der Waals surface area contributed by atoms with E-state index >= 15 is 0 Å². The smallest absolute Gasteiger partial charge is 0.221 e. The molecule has 1 aromatic heterocycles. The van der Waals surface area contributed by atoms with Gasteiger partial charge in [-0.05, 0) is 40.8 Å². The topological polar surface area (TPSA) is 45.2 Å². The number of amides is 1. The summed E-state index contributed by atoms with van der Waals surface area (Å²) in [7, 11) is 0. The van der Waals surface area contributed by atoms with Crippen LogP contribution in [0.2, 0.25) is 0 Å². The molecule has 1 aliphatic heterocycles. The summed E-state index contributed by atoms with van der Waals surface area (Å²) >= 11 is 0. The van der Waals surface area contributed by atoms with Gasteiger partial charge in [0.1, 0.15) is 0 Å². The van der Waals surface area contributed by atoms with Crippen molar-refractivity contribution in [3.8, 4) is 0 Å². The molecule has 4 aromatic rings.